The van der Waals surface area contributed by atoms with Gasteiger partial charge < -0.3 is 18.9 Å². The van der Waals surface area contributed by atoms with E-state index in [1.807, 2.05) is 19.1 Å². The Balaban J connectivity index is 1.58. The van der Waals surface area contributed by atoms with Gasteiger partial charge in [0.1, 0.15) is 11.5 Å². The number of ether oxygens (including phenoxy) is 4. The molecule has 0 radical (unpaired) electrons. The first-order chi connectivity index (χ1) is 16.9. The minimum absolute atomic E-state index is 0.254. The maximum atomic E-state index is 12.5. The monoisotopic (exact) mass is 540 g/mol. The molecule has 8 nitrogen and oxygen atoms in total. The maximum absolute atomic E-state index is 12.5. The molecule has 0 spiro atoms. The minimum atomic E-state index is -0.743. The number of amides is 1. The number of carbonyl (C=O) groups excluding carboxylic acids is 2. The smallest absolute Gasteiger partial charge is 0.343 e. The number of esters is 1. The zero-order chi connectivity index (χ0) is 25.2. The second-order valence-corrected chi connectivity index (χ2v) is 8.12. The van der Waals surface area contributed by atoms with Crippen LogP contribution in [-0.4, -0.2) is 37.9 Å². The topological polar surface area (TPSA) is 95.5 Å². The number of hydrogen-bond acceptors (Lipinski definition) is 7. The fourth-order valence-corrected chi connectivity index (χ4v) is 3.16. The molecule has 3 aromatic rings. The highest BCUT2D eigenvalue weighted by molar-refractivity contribution is 9.10. The van der Waals surface area contributed by atoms with Crippen molar-refractivity contribution in [1.82, 2.24) is 5.43 Å². The van der Waals surface area contributed by atoms with Gasteiger partial charge in [0.15, 0.2) is 17.6 Å². The van der Waals surface area contributed by atoms with Gasteiger partial charge in [0.2, 0.25) is 0 Å². The third-order valence-corrected chi connectivity index (χ3v) is 5.20. The van der Waals surface area contributed by atoms with E-state index in [1.165, 1.54) is 13.3 Å². The summed E-state index contributed by atoms with van der Waals surface area (Å²) in [5.74, 6) is 0.902. The number of hydrogen-bond donors (Lipinski definition) is 1. The molecule has 35 heavy (non-hydrogen) atoms. The highest BCUT2D eigenvalue weighted by atomic mass is 79.9. The molecule has 1 amide bonds. The summed E-state index contributed by atoms with van der Waals surface area (Å²) >= 11 is 3.35. The predicted octanol–water partition coefficient (Wildman–Crippen LogP) is 4.99. The van der Waals surface area contributed by atoms with E-state index in [4.69, 9.17) is 18.9 Å². The number of hydrazone groups is 1. The van der Waals surface area contributed by atoms with E-state index in [1.54, 1.807) is 61.5 Å². The Hall–Kier alpha value is -3.85. The largest absolute Gasteiger partial charge is 0.494 e. The Kier molecular flexibility index (Phi) is 9.25. The van der Waals surface area contributed by atoms with Crippen molar-refractivity contribution in [1.29, 1.82) is 0 Å². The highest BCUT2D eigenvalue weighted by Crippen LogP contribution is 2.28. The van der Waals surface area contributed by atoms with Crippen molar-refractivity contribution in [3.05, 3.63) is 82.3 Å². The van der Waals surface area contributed by atoms with Crippen LogP contribution in [0.1, 0.15) is 29.8 Å². The standard InChI is InChI=1S/C26H25BrN2O6/c1-4-33-21-10-6-19(7-11-21)26(31)35-23-14-5-18(15-24(23)32-3)16-28-29-25(30)17(2)34-22-12-8-20(27)9-13-22/h5-17H,4H2,1-3H3,(H,29,30)/b28-16-/t17-/m1/s1. The Morgan fingerprint density at radius 2 is 1.69 bits per heavy atom. The molecule has 0 bridgehead atoms. The molecule has 0 fully saturated rings. The summed E-state index contributed by atoms with van der Waals surface area (Å²) in [4.78, 5) is 24.7. The third-order valence-electron chi connectivity index (χ3n) is 4.68. The van der Waals surface area contributed by atoms with E-state index in [9.17, 15) is 9.59 Å². The zero-order valence-corrected chi connectivity index (χ0v) is 21.1. The van der Waals surface area contributed by atoms with Crippen LogP contribution in [0.25, 0.3) is 0 Å². The molecule has 0 aliphatic heterocycles. The van der Waals surface area contributed by atoms with Gasteiger partial charge in [-0.15, -0.1) is 0 Å². The number of nitrogens with zero attached hydrogens (tertiary/aromatic N) is 1. The van der Waals surface area contributed by atoms with Crippen LogP contribution in [0, 0.1) is 0 Å². The number of carbonyl (C=O) groups is 2. The lowest BCUT2D eigenvalue weighted by molar-refractivity contribution is -0.127. The third kappa shape index (κ3) is 7.58. The number of benzene rings is 3. The Morgan fingerprint density at radius 1 is 1.00 bits per heavy atom. The summed E-state index contributed by atoms with van der Waals surface area (Å²) in [5.41, 5.74) is 3.45. The molecule has 0 saturated carbocycles. The van der Waals surface area contributed by atoms with E-state index >= 15 is 0 Å². The molecule has 0 aliphatic rings. The summed E-state index contributed by atoms with van der Waals surface area (Å²) in [6.07, 6.45) is 0.706. The fourth-order valence-electron chi connectivity index (χ4n) is 2.89. The van der Waals surface area contributed by atoms with Gasteiger partial charge in [0, 0.05) is 4.47 Å². The van der Waals surface area contributed by atoms with Crippen LogP contribution < -0.4 is 24.4 Å². The van der Waals surface area contributed by atoms with Gasteiger partial charge in [-0.25, -0.2) is 10.2 Å². The molecule has 0 aromatic heterocycles. The summed E-state index contributed by atoms with van der Waals surface area (Å²) in [5, 5.41) is 3.97. The van der Waals surface area contributed by atoms with Crippen molar-refractivity contribution >= 4 is 34.0 Å². The van der Waals surface area contributed by atoms with Gasteiger partial charge >= 0.3 is 5.97 Å². The number of halogens is 1. The lowest BCUT2D eigenvalue weighted by Crippen LogP contribution is -2.33. The lowest BCUT2D eigenvalue weighted by atomic mass is 10.2. The van der Waals surface area contributed by atoms with Gasteiger partial charge in [-0.05, 0) is 86.1 Å². The predicted molar refractivity (Wildman–Crippen MR) is 136 cm³/mol. The van der Waals surface area contributed by atoms with Gasteiger partial charge in [-0.1, -0.05) is 15.9 Å². The summed E-state index contributed by atoms with van der Waals surface area (Å²) in [6, 6.07) is 18.7. The summed E-state index contributed by atoms with van der Waals surface area (Å²) < 4.78 is 22.7. The molecular formula is C26H25BrN2O6. The van der Waals surface area contributed by atoms with Crippen molar-refractivity contribution in [2.24, 2.45) is 5.10 Å². The second-order valence-electron chi connectivity index (χ2n) is 7.21. The highest BCUT2D eigenvalue weighted by Gasteiger charge is 2.15. The van der Waals surface area contributed by atoms with Crippen LogP contribution in [0.2, 0.25) is 0 Å². The van der Waals surface area contributed by atoms with E-state index in [0.29, 0.717) is 35.0 Å². The SMILES string of the molecule is CCOc1ccc(C(=O)Oc2ccc(/C=N\NC(=O)[C@@H](C)Oc3ccc(Br)cc3)cc2OC)cc1. The van der Waals surface area contributed by atoms with Crippen LogP contribution >= 0.6 is 15.9 Å². The zero-order valence-electron chi connectivity index (χ0n) is 19.5. The molecule has 9 heteroatoms. The van der Waals surface area contributed by atoms with E-state index in [0.717, 1.165) is 4.47 Å². The van der Waals surface area contributed by atoms with Crippen LogP contribution in [0.3, 0.4) is 0 Å². The number of methoxy groups -OCH3 is 1. The molecule has 182 valence electrons. The molecular weight excluding hydrogens is 516 g/mol. The van der Waals surface area contributed by atoms with Crippen molar-refractivity contribution in [3.63, 3.8) is 0 Å². The normalized spacial score (nSPS) is 11.5. The average Bonchev–Trinajstić information content (AvgIpc) is 2.86. The molecule has 0 unspecified atom stereocenters. The molecule has 1 N–H and O–H groups in total. The van der Waals surface area contributed by atoms with E-state index < -0.39 is 18.0 Å². The number of nitrogens with one attached hydrogen (secondary N) is 1. The fraction of sp³-hybridized carbons (Fsp3) is 0.192. The van der Waals surface area contributed by atoms with Crippen molar-refractivity contribution in [3.8, 4) is 23.0 Å². The quantitative estimate of drug-likeness (QED) is 0.168. The van der Waals surface area contributed by atoms with Gasteiger partial charge in [-0.2, -0.15) is 5.10 Å². The Bertz CT molecular complexity index is 1180. The summed E-state index contributed by atoms with van der Waals surface area (Å²) in [6.45, 7) is 4.06. The minimum Gasteiger partial charge on any atom is -0.494 e. The Morgan fingerprint density at radius 3 is 2.34 bits per heavy atom. The van der Waals surface area contributed by atoms with Crippen LogP contribution in [0.15, 0.2) is 76.3 Å². The van der Waals surface area contributed by atoms with Crippen molar-refractivity contribution in [2.45, 2.75) is 20.0 Å². The average molecular weight is 541 g/mol. The van der Waals surface area contributed by atoms with E-state index in [2.05, 4.69) is 26.5 Å². The molecule has 0 aliphatic carbocycles. The number of rotatable bonds is 10. The van der Waals surface area contributed by atoms with Crippen molar-refractivity contribution in [2.75, 3.05) is 13.7 Å². The first-order valence-corrected chi connectivity index (χ1v) is 11.6. The first-order valence-electron chi connectivity index (χ1n) is 10.8. The maximum Gasteiger partial charge on any atom is 0.343 e. The van der Waals surface area contributed by atoms with Crippen LogP contribution in [0.4, 0.5) is 0 Å². The second kappa shape index (κ2) is 12.6. The molecule has 0 heterocycles. The van der Waals surface area contributed by atoms with Gasteiger partial charge in [-0.3, -0.25) is 4.79 Å². The van der Waals surface area contributed by atoms with Crippen LogP contribution in [0.5, 0.6) is 23.0 Å². The van der Waals surface area contributed by atoms with Crippen molar-refractivity contribution < 1.29 is 28.5 Å². The summed E-state index contributed by atoms with van der Waals surface area (Å²) in [7, 11) is 1.47. The van der Waals surface area contributed by atoms with Gasteiger partial charge in [0.25, 0.3) is 5.91 Å². The Labute approximate surface area is 212 Å². The van der Waals surface area contributed by atoms with Crippen LogP contribution in [-0.2, 0) is 4.79 Å². The molecule has 0 saturated heterocycles. The van der Waals surface area contributed by atoms with Gasteiger partial charge in [0.05, 0.1) is 25.5 Å². The van der Waals surface area contributed by atoms with E-state index in [-0.39, 0.29) is 5.75 Å². The lowest BCUT2D eigenvalue weighted by Gasteiger charge is -2.13. The first kappa shape index (κ1) is 25.8. The molecule has 1 atom stereocenters. The molecule has 3 aromatic carbocycles. The molecule has 3 rings (SSSR count).